The van der Waals surface area contributed by atoms with E-state index in [1.807, 2.05) is 23.1 Å². The van der Waals surface area contributed by atoms with Crippen LogP contribution >= 0.6 is 0 Å². The number of carboxylic acid groups (broad SMARTS) is 1. The van der Waals surface area contributed by atoms with Gasteiger partial charge in [-0.2, -0.15) is 13.2 Å². The first kappa shape index (κ1) is 23.4. The van der Waals surface area contributed by atoms with Crippen LogP contribution in [0.2, 0.25) is 0 Å². The first-order valence-corrected chi connectivity index (χ1v) is 9.76. The SMILES string of the molecule is O=C(O)C(F)(F)F.O=C(c1cnccn1)N1CCC[C@]2(C[C@H](Oc3ccccn3)CO2)C1. The molecule has 0 aromatic carbocycles. The van der Waals surface area contributed by atoms with Gasteiger partial charge in [0, 0.05) is 37.6 Å². The van der Waals surface area contributed by atoms with Gasteiger partial charge in [-0.15, -0.1) is 0 Å². The Bertz CT molecular complexity index is 916. The molecule has 2 aromatic heterocycles. The second-order valence-corrected chi connectivity index (χ2v) is 7.33. The van der Waals surface area contributed by atoms with Gasteiger partial charge in [-0.25, -0.2) is 14.8 Å². The zero-order valence-corrected chi connectivity index (χ0v) is 16.9. The molecule has 0 saturated carbocycles. The van der Waals surface area contributed by atoms with Crippen LogP contribution < -0.4 is 4.74 Å². The van der Waals surface area contributed by atoms with Gasteiger partial charge in [-0.1, -0.05) is 6.07 Å². The van der Waals surface area contributed by atoms with Crippen molar-refractivity contribution in [3.8, 4) is 5.88 Å². The number of likely N-dealkylation sites (tertiary alicyclic amines) is 1. The Kier molecular flexibility index (Phi) is 7.23. The minimum Gasteiger partial charge on any atom is -0.475 e. The van der Waals surface area contributed by atoms with Gasteiger partial charge < -0.3 is 19.5 Å². The number of hydrogen-bond acceptors (Lipinski definition) is 7. The van der Waals surface area contributed by atoms with Crippen molar-refractivity contribution in [2.24, 2.45) is 0 Å². The molecule has 4 heterocycles. The Morgan fingerprint density at radius 3 is 2.62 bits per heavy atom. The van der Waals surface area contributed by atoms with E-state index >= 15 is 0 Å². The van der Waals surface area contributed by atoms with Crippen molar-refractivity contribution >= 4 is 11.9 Å². The number of aliphatic carboxylic acids is 1. The summed E-state index contributed by atoms with van der Waals surface area (Å²) < 4.78 is 43.8. The number of carbonyl (C=O) groups excluding carboxylic acids is 1. The van der Waals surface area contributed by atoms with Crippen molar-refractivity contribution in [2.45, 2.75) is 37.1 Å². The molecule has 4 rings (SSSR count). The maximum atomic E-state index is 12.6. The highest BCUT2D eigenvalue weighted by Gasteiger charge is 2.45. The van der Waals surface area contributed by atoms with E-state index in [-0.39, 0.29) is 17.6 Å². The molecule has 32 heavy (non-hydrogen) atoms. The average molecular weight is 454 g/mol. The van der Waals surface area contributed by atoms with Gasteiger partial charge in [0.15, 0.2) is 0 Å². The van der Waals surface area contributed by atoms with E-state index in [1.165, 1.54) is 12.4 Å². The van der Waals surface area contributed by atoms with Gasteiger partial charge in [-0.3, -0.25) is 9.78 Å². The number of alkyl halides is 3. The average Bonchev–Trinajstić information content (AvgIpc) is 3.15. The van der Waals surface area contributed by atoms with Crippen LogP contribution in [0.1, 0.15) is 29.8 Å². The molecule has 0 radical (unpaired) electrons. The lowest BCUT2D eigenvalue weighted by Crippen LogP contribution is -2.50. The van der Waals surface area contributed by atoms with Gasteiger partial charge in [0.1, 0.15) is 11.8 Å². The zero-order chi connectivity index (χ0) is 23.2. The molecule has 2 saturated heterocycles. The van der Waals surface area contributed by atoms with Crippen LogP contribution in [-0.4, -0.2) is 74.4 Å². The summed E-state index contributed by atoms with van der Waals surface area (Å²) in [6, 6.07) is 5.60. The van der Waals surface area contributed by atoms with E-state index in [0.29, 0.717) is 31.3 Å². The molecule has 2 aromatic rings. The van der Waals surface area contributed by atoms with E-state index in [2.05, 4.69) is 15.0 Å². The largest absolute Gasteiger partial charge is 0.490 e. The summed E-state index contributed by atoms with van der Waals surface area (Å²) in [4.78, 5) is 35.6. The van der Waals surface area contributed by atoms with Gasteiger partial charge in [0.2, 0.25) is 5.88 Å². The van der Waals surface area contributed by atoms with Crippen LogP contribution in [0.4, 0.5) is 13.2 Å². The normalized spacial score (nSPS) is 22.7. The van der Waals surface area contributed by atoms with Crippen LogP contribution in [0.5, 0.6) is 5.88 Å². The van der Waals surface area contributed by atoms with Gasteiger partial charge in [-0.05, 0) is 18.9 Å². The molecule has 0 aliphatic carbocycles. The fraction of sp³-hybridized carbons (Fsp3) is 0.450. The Morgan fingerprint density at radius 1 is 1.22 bits per heavy atom. The number of amides is 1. The summed E-state index contributed by atoms with van der Waals surface area (Å²) in [5.41, 5.74) is 0.0362. The first-order chi connectivity index (χ1) is 15.2. The van der Waals surface area contributed by atoms with Crippen molar-refractivity contribution in [1.29, 1.82) is 0 Å². The lowest BCUT2D eigenvalue weighted by Gasteiger charge is -2.39. The van der Waals surface area contributed by atoms with Crippen molar-refractivity contribution in [2.75, 3.05) is 19.7 Å². The topological polar surface area (TPSA) is 115 Å². The number of rotatable bonds is 3. The fourth-order valence-corrected chi connectivity index (χ4v) is 3.59. The summed E-state index contributed by atoms with van der Waals surface area (Å²) in [7, 11) is 0. The third kappa shape index (κ3) is 6.13. The van der Waals surface area contributed by atoms with E-state index in [9.17, 15) is 18.0 Å². The van der Waals surface area contributed by atoms with Gasteiger partial charge in [0.05, 0.1) is 24.9 Å². The summed E-state index contributed by atoms with van der Waals surface area (Å²) >= 11 is 0. The molecular formula is C20H21F3N4O5. The van der Waals surface area contributed by atoms with Crippen molar-refractivity contribution in [1.82, 2.24) is 19.9 Å². The minimum absolute atomic E-state index is 0.0403. The predicted molar refractivity (Wildman–Crippen MR) is 103 cm³/mol. The lowest BCUT2D eigenvalue weighted by atomic mass is 9.89. The van der Waals surface area contributed by atoms with Gasteiger partial charge in [0.25, 0.3) is 5.91 Å². The summed E-state index contributed by atoms with van der Waals surface area (Å²) in [6.07, 6.45) is 3.79. The van der Waals surface area contributed by atoms with Crippen LogP contribution in [0, 0.1) is 0 Å². The van der Waals surface area contributed by atoms with E-state index in [4.69, 9.17) is 19.4 Å². The number of carbonyl (C=O) groups is 2. The molecule has 1 amide bonds. The molecule has 2 fully saturated rings. The highest BCUT2D eigenvalue weighted by atomic mass is 19.4. The molecule has 1 N–H and O–H groups in total. The number of hydrogen-bond donors (Lipinski definition) is 1. The highest BCUT2D eigenvalue weighted by molar-refractivity contribution is 5.92. The molecule has 2 atom stereocenters. The number of aromatic nitrogens is 3. The van der Waals surface area contributed by atoms with Crippen LogP contribution in [0.3, 0.4) is 0 Å². The van der Waals surface area contributed by atoms with E-state index in [0.717, 1.165) is 19.3 Å². The smallest absolute Gasteiger partial charge is 0.475 e. The van der Waals surface area contributed by atoms with Crippen molar-refractivity contribution < 1.29 is 37.3 Å². The Labute approximate surface area is 181 Å². The molecule has 9 nitrogen and oxygen atoms in total. The van der Waals surface area contributed by atoms with Crippen LogP contribution in [0.15, 0.2) is 43.0 Å². The second-order valence-electron chi connectivity index (χ2n) is 7.33. The number of pyridine rings is 1. The summed E-state index contributed by atoms with van der Waals surface area (Å²) in [5.74, 6) is -2.24. The lowest BCUT2D eigenvalue weighted by molar-refractivity contribution is -0.192. The molecule has 12 heteroatoms. The van der Waals surface area contributed by atoms with Crippen LogP contribution in [0.25, 0.3) is 0 Å². The predicted octanol–water partition coefficient (Wildman–Crippen LogP) is 2.35. The minimum atomic E-state index is -5.08. The fourth-order valence-electron chi connectivity index (χ4n) is 3.59. The van der Waals surface area contributed by atoms with E-state index < -0.39 is 12.1 Å². The van der Waals surface area contributed by atoms with E-state index in [1.54, 1.807) is 12.4 Å². The molecule has 0 bridgehead atoms. The van der Waals surface area contributed by atoms with Gasteiger partial charge >= 0.3 is 12.1 Å². The Morgan fingerprint density at radius 2 is 2.00 bits per heavy atom. The molecule has 2 aliphatic rings. The quantitative estimate of drug-likeness (QED) is 0.752. The first-order valence-electron chi connectivity index (χ1n) is 9.76. The number of ether oxygens (including phenoxy) is 2. The second kappa shape index (κ2) is 9.90. The van der Waals surface area contributed by atoms with Crippen molar-refractivity contribution in [3.05, 3.63) is 48.7 Å². The summed E-state index contributed by atoms with van der Waals surface area (Å²) in [5, 5.41) is 7.12. The maximum absolute atomic E-state index is 12.6. The standard InChI is InChI=1S/C18H20N4O3.C2HF3O2/c23-17(15-11-19-7-8-20-15)22-9-3-5-18(13-22)10-14(12-24-18)25-16-4-1-2-6-21-16;3-2(4,5)1(6)7/h1-2,4,6-8,11,14H,3,5,9-10,12-13H2;(H,6,7)/t14-,18-;/m0./s1. The zero-order valence-electron chi connectivity index (χ0n) is 16.9. The molecule has 1 spiro atoms. The third-order valence-electron chi connectivity index (χ3n) is 4.95. The number of halogens is 3. The number of carboxylic acids is 1. The highest BCUT2D eigenvalue weighted by Crippen LogP contribution is 2.36. The van der Waals surface area contributed by atoms with Crippen molar-refractivity contribution in [3.63, 3.8) is 0 Å². The number of nitrogens with zero attached hydrogens (tertiary/aromatic N) is 4. The Hall–Kier alpha value is -3.28. The summed E-state index contributed by atoms with van der Waals surface area (Å²) in [6.45, 7) is 1.79. The third-order valence-corrected chi connectivity index (χ3v) is 4.95. The number of piperidine rings is 1. The molecular weight excluding hydrogens is 433 g/mol. The maximum Gasteiger partial charge on any atom is 0.490 e. The van der Waals surface area contributed by atoms with Crippen LogP contribution in [-0.2, 0) is 9.53 Å². The monoisotopic (exact) mass is 454 g/mol. The molecule has 172 valence electrons. The molecule has 2 aliphatic heterocycles. The Balaban J connectivity index is 0.000000360. The molecule has 0 unspecified atom stereocenters.